The molecule has 162 valence electrons. The number of hydrogen-bond acceptors (Lipinski definition) is 7. The van der Waals surface area contributed by atoms with E-state index in [1.807, 2.05) is 0 Å². The standard InChI is InChI=1S/C23H26FN5O2/c1-23(2)11-15-18(16(30)12-23)17(13-3-5-14(24)6-4-13)19-20(25)27-22(28-21(19)26-15)29-7-9-31-10-8-29/h3-6,17H,7-12H2,1-2H3,(H3,25,26,27,28). The van der Waals surface area contributed by atoms with Crippen molar-refractivity contribution >= 4 is 23.4 Å². The van der Waals surface area contributed by atoms with Crippen LogP contribution in [0.15, 0.2) is 35.5 Å². The molecule has 0 amide bonds. The first kappa shape index (κ1) is 19.9. The molecule has 1 atom stereocenters. The number of benzene rings is 1. The molecule has 0 saturated carbocycles. The van der Waals surface area contributed by atoms with Crippen LogP contribution >= 0.6 is 0 Å². The number of nitrogens with one attached hydrogen (secondary N) is 1. The molecule has 1 aliphatic carbocycles. The van der Waals surface area contributed by atoms with Gasteiger partial charge in [0.15, 0.2) is 5.78 Å². The molecule has 3 heterocycles. The zero-order valence-electron chi connectivity index (χ0n) is 17.7. The predicted octanol–water partition coefficient (Wildman–Crippen LogP) is 3.24. The highest BCUT2D eigenvalue weighted by atomic mass is 19.1. The Bertz CT molecular complexity index is 1070. The highest BCUT2D eigenvalue weighted by Gasteiger charge is 2.42. The number of nitrogens with two attached hydrogens (primary N) is 1. The quantitative estimate of drug-likeness (QED) is 0.766. The van der Waals surface area contributed by atoms with Crippen molar-refractivity contribution < 1.29 is 13.9 Å². The summed E-state index contributed by atoms with van der Waals surface area (Å²) >= 11 is 0. The number of fused-ring (bicyclic) bond motifs is 1. The molecule has 3 aliphatic rings. The minimum Gasteiger partial charge on any atom is -0.383 e. The Morgan fingerprint density at radius 2 is 1.87 bits per heavy atom. The minimum absolute atomic E-state index is 0.0791. The second-order valence-corrected chi connectivity index (χ2v) is 9.21. The molecule has 2 aliphatic heterocycles. The van der Waals surface area contributed by atoms with Gasteiger partial charge in [-0.15, -0.1) is 0 Å². The van der Waals surface area contributed by atoms with Gasteiger partial charge in [-0.05, 0) is 29.5 Å². The number of ether oxygens (including phenoxy) is 1. The molecule has 1 saturated heterocycles. The Morgan fingerprint density at radius 1 is 1.16 bits per heavy atom. The van der Waals surface area contributed by atoms with E-state index in [9.17, 15) is 9.18 Å². The lowest BCUT2D eigenvalue weighted by Crippen LogP contribution is -2.38. The van der Waals surface area contributed by atoms with E-state index in [1.165, 1.54) is 12.1 Å². The van der Waals surface area contributed by atoms with Crippen molar-refractivity contribution in [3.63, 3.8) is 0 Å². The maximum atomic E-state index is 13.6. The van der Waals surface area contributed by atoms with Gasteiger partial charge in [-0.25, -0.2) is 4.39 Å². The van der Waals surface area contributed by atoms with Crippen LogP contribution < -0.4 is 16.0 Å². The molecule has 5 rings (SSSR count). The Kier molecular flexibility index (Phi) is 4.69. The normalized spacial score (nSPS) is 22.6. The maximum Gasteiger partial charge on any atom is 0.229 e. The maximum absolute atomic E-state index is 13.6. The van der Waals surface area contributed by atoms with E-state index in [1.54, 1.807) is 12.1 Å². The molecular weight excluding hydrogens is 397 g/mol. The van der Waals surface area contributed by atoms with Gasteiger partial charge in [-0.1, -0.05) is 26.0 Å². The van der Waals surface area contributed by atoms with E-state index in [2.05, 4.69) is 29.0 Å². The van der Waals surface area contributed by atoms with Crippen molar-refractivity contribution in [2.24, 2.45) is 5.41 Å². The van der Waals surface area contributed by atoms with Gasteiger partial charge in [0.25, 0.3) is 0 Å². The highest BCUT2D eigenvalue weighted by Crippen LogP contribution is 2.50. The molecule has 31 heavy (non-hydrogen) atoms. The number of hydrogen-bond donors (Lipinski definition) is 2. The molecule has 3 N–H and O–H groups in total. The fraction of sp³-hybridized carbons (Fsp3) is 0.435. The van der Waals surface area contributed by atoms with Crippen LogP contribution in [0.1, 0.15) is 43.7 Å². The summed E-state index contributed by atoms with van der Waals surface area (Å²) in [6.45, 7) is 6.80. The summed E-state index contributed by atoms with van der Waals surface area (Å²) in [7, 11) is 0. The van der Waals surface area contributed by atoms with Crippen LogP contribution in [0.25, 0.3) is 0 Å². The molecule has 1 aromatic heterocycles. The lowest BCUT2D eigenvalue weighted by molar-refractivity contribution is -0.118. The fourth-order valence-electron chi connectivity index (χ4n) is 4.82. The first-order valence-electron chi connectivity index (χ1n) is 10.6. The van der Waals surface area contributed by atoms with Crippen molar-refractivity contribution in [2.45, 2.75) is 32.6 Å². The van der Waals surface area contributed by atoms with Crippen LogP contribution in [-0.2, 0) is 9.53 Å². The van der Waals surface area contributed by atoms with E-state index in [0.29, 0.717) is 61.4 Å². The molecule has 0 radical (unpaired) electrons. The number of nitrogens with zero attached hydrogens (tertiary/aromatic N) is 3. The van der Waals surface area contributed by atoms with Crippen LogP contribution in [0.4, 0.5) is 22.0 Å². The largest absolute Gasteiger partial charge is 0.383 e. The monoisotopic (exact) mass is 423 g/mol. The summed E-state index contributed by atoms with van der Waals surface area (Å²) in [5.41, 5.74) is 9.36. The number of halogens is 1. The lowest BCUT2D eigenvalue weighted by atomic mass is 9.69. The van der Waals surface area contributed by atoms with Gasteiger partial charge in [0, 0.05) is 42.3 Å². The van der Waals surface area contributed by atoms with Crippen LogP contribution in [0.3, 0.4) is 0 Å². The van der Waals surface area contributed by atoms with Gasteiger partial charge in [0.1, 0.15) is 17.5 Å². The molecule has 0 spiro atoms. The number of carbonyl (C=O) groups excluding carboxylic acids is 1. The zero-order chi connectivity index (χ0) is 21.8. The van der Waals surface area contributed by atoms with Gasteiger partial charge in [-0.2, -0.15) is 9.97 Å². The summed E-state index contributed by atoms with van der Waals surface area (Å²) in [5.74, 6) is 0.833. The van der Waals surface area contributed by atoms with Crippen LogP contribution in [-0.4, -0.2) is 42.1 Å². The summed E-state index contributed by atoms with van der Waals surface area (Å²) in [6.07, 6.45) is 1.18. The molecule has 8 heteroatoms. The summed E-state index contributed by atoms with van der Waals surface area (Å²) in [4.78, 5) is 24.7. The van der Waals surface area contributed by atoms with Crippen molar-refractivity contribution in [1.29, 1.82) is 0 Å². The lowest BCUT2D eigenvalue weighted by Gasteiger charge is -2.39. The highest BCUT2D eigenvalue weighted by molar-refractivity contribution is 6.02. The number of anilines is 3. The number of aromatic nitrogens is 2. The number of carbonyl (C=O) groups is 1. The van der Waals surface area contributed by atoms with E-state index < -0.39 is 5.92 Å². The number of morpholine rings is 1. The first-order valence-corrected chi connectivity index (χ1v) is 10.6. The molecular formula is C23H26FN5O2. The van der Waals surface area contributed by atoms with Gasteiger partial charge >= 0.3 is 0 Å². The fourth-order valence-corrected chi connectivity index (χ4v) is 4.82. The Labute approximate surface area is 180 Å². The average Bonchev–Trinajstić information content (AvgIpc) is 2.72. The molecule has 2 aromatic rings. The molecule has 1 unspecified atom stereocenters. The summed E-state index contributed by atoms with van der Waals surface area (Å²) in [6, 6.07) is 6.24. The zero-order valence-corrected chi connectivity index (χ0v) is 17.7. The van der Waals surface area contributed by atoms with Crippen molar-refractivity contribution in [3.8, 4) is 0 Å². The number of nitrogen functional groups attached to an aromatic ring is 1. The third-order valence-corrected chi connectivity index (χ3v) is 6.23. The predicted molar refractivity (Wildman–Crippen MR) is 116 cm³/mol. The van der Waals surface area contributed by atoms with Crippen molar-refractivity contribution in [3.05, 3.63) is 52.5 Å². The molecule has 7 nitrogen and oxygen atoms in total. The summed E-state index contributed by atoms with van der Waals surface area (Å²) < 4.78 is 19.1. The second kappa shape index (κ2) is 7.30. The summed E-state index contributed by atoms with van der Waals surface area (Å²) in [5, 5.41) is 3.41. The topological polar surface area (TPSA) is 93.4 Å². The third-order valence-electron chi connectivity index (χ3n) is 6.23. The first-order chi connectivity index (χ1) is 14.8. The smallest absolute Gasteiger partial charge is 0.229 e. The Morgan fingerprint density at radius 3 is 2.58 bits per heavy atom. The second-order valence-electron chi connectivity index (χ2n) is 9.21. The van der Waals surface area contributed by atoms with E-state index >= 15 is 0 Å². The van der Waals surface area contributed by atoms with Gasteiger partial charge in [0.2, 0.25) is 5.95 Å². The van der Waals surface area contributed by atoms with Gasteiger partial charge < -0.3 is 20.7 Å². The van der Waals surface area contributed by atoms with Gasteiger partial charge in [0.05, 0.1) is 13.2 Å². The van der Waals surface area contributed by atoms with E-state index in [-0.39, 0.29) is 17.0 Å². The number of ketones is 1. The van der Waals surface area contributed by atoms with Crippen LogP contribution in [0.5, 0.6) is 0 Å². The number of rotatable bonds is 2. The Balaban J connectivity index is 1.67. The van der Waals surface area contributed by atoms with E-state index in [4.69, 9.17) is 15.5 Å². The van der Waals surface area contributed by atoms with Gasteiger partial charge in [-0.3, -0.25) is 4.79 Å². The molecule has 0 bridgehead atoms. The number of Topliss-reactive ketones (excluding diaryl/α,β-unsaturated/α-hetero) is 1. The van der Waals surface area contributed by atoms with Crippen molar-refractivity contribution in [1.82, 2.24) is 9.97 Å². The third kappa shape index (κ3) is 3.54. The molecule has 1 aromatic carbocycles. The Hall–Kier alpha value is -3.00. The van der Waals surface area contributed by atoms with Crippen LogP contribution in [0.2, 0.25) is 0 Å². The minimum atomic E-state index is -0.422. The van der Waals surface area contributed by atoms with Crippen LogP contribution in [0, 0.1) is 11.2 Å². The van der Waals surface area contributed by atoms with Crippen molar-refractivity contribution in [2.75, 3.05) is 42.3 Å². The molecule has 1 fully saturated rings. The van der Waals surface area contributed by atoms with E-state index in [0.717, 1.165) is 17.7 Å². The SMILES string of the molecule is CC1(C)CC(=O)C2=C(C1)Nc1nc(N3CCOCC3)nc(N)c1C2c1ccc(F)cc1. The number of allylic oxidation sites excluding steroid dienone is 2. The average molecular weight is 423 g/mol.